The van der Waals surface area contributed by atoms with Crippen LogP contribution in [0.25, 0.3) is 10.2 Å². The first-order valence-corrected chi connectivity index (χ1v) is 6.96. The number of carbonyl (C=O) groups excluding carboxylic acids is 1. The third-order valence-corrected chi connectivity index (χ3v) is 4.11. The molecule has 0 radical (unpaired) electrons. The third kappa shape index (κ3) is 2.50. The van der Waals surface area contributed by atoms with E-state index >= 15 is 0 Å². The molecule has 0 saturated heterocycles. The van der Waals surface area contributed by atoms with Crippen LogP contribution in [-0.2, 0) is 7.05 Å². The minimum Gasteiger partial charge on any atom is -0.317 e. The first kappa shape index (κ1) is 13.6. The molecular weight excluding hydrogens is 294 g/mol. The van der Waals surface area contributed by atoms with E-state index in [1.807, 2.05) is 0 Å². The number of thiazole rings is 1. The largest absolute Gasteiger partial charge is 0.317 e. The summed E-state index contributed by atoms with van der Waals surface area (Å²) in [6.07, 6.45) is 0. The Morgan fingerprint density at radius 1 is 1.19 bits per heavy atom. The van der Waals surface area contributed by atoms with E-state index in [0.29, 0.717) is 15.1 Å². The molecule has 0 atom stereocenters. The predicted molar refractivity (Wildman–Crippen MR) is 77.0 cm³/mol. The highest BCUT2D eigenvalue weighted by molar-refractivity contribution is 7.16. The summed E-state index contributed by atoms with van der Waals surface area (Å²) in [5, 5.41) is 0. The molecule has 2 aromatic carbocycles. The molecule has 0 N–H and O–H groups in total. The maximum Gasteiger partial charge on any atom is 0.279 e. The van der Waals surface area contributed by atoms with Crippen molar-refractivity contribution in [2.45, 2.75) is 0 Å². The summed E-state index contributed by atoms with van der Waals surface area (Å²) in [6.45, 7) is 0. The lowest BCUT2D eigenvalue weighted by Gasteiger charge is -1.97. The number of hydrogen-bond donors (Lipinski definition) is 0. The SMILES string of the molecule is Cn1c(=NC(=O)c2ccccc2)sc2cc(F)cc(F)c21. The number of fused-ring (bicyclic) bond motifs is 1. The van der Waals surface area contributed by atoms with Crippen molar-refractivity contribution in [2.24, 2.45) is 12.0 Å². The van der Waals surface area contributed by atoms with Gasteiger partial charge in [-0.05, 0) is 18.2 Å². The lowest BCUT2D eigenvalue weighted by atomic mass is 10.2. The monoisotopic (exact) mass is 304 g/mol. The zero-order valence-corrected chi connectivity index (χ0v) is 11.8. The standard InChI is InChI=1S/C15H10F2N2OS/c1-19-13-11(17)7-10(16)8-12(13)21-15(19)18-14(20)9-5-3-2-4-6-9/h2-8H,1H3. The Balaban J connectivity index is 2.17. The molecule has 3 aromatic rings. The summed E-state index contributed by atoms with van der Waals surface area (Å²) in [4.78, 5) is 16.4. The van der Waals surface area contributed by atoms with Crippen molar-refractivity contribution in [1.82, 2.24) is 4.57 Å². The molecule has 3 nitrogen and oxygen atoms in total. The molecule has 0 aliphatic rings. The van der Waals surface area contributed by atoms with Crippen LogP contribution >= 0.6 is 11.3 Å². The second-order valence-corrected chi connectivity index (χ2v) is 5.47. The lowest BCUT2D eigenvalue weighted by molar-refractivity contribution is 0.0998. The number of nitrogens with zero attached hydrogens (tertiary/aromatic N) is 2. The first-order valence-electron chi connectivity index (χ1n) is 6.15. The highest BCUT2D eigenvalue weighted by atomic mass is 32.1. The van der Waals surface area contributed by atoms with Gasteiger partial charge in [0.05, 0.1) is 10.2 Å². The zero-order valence-electron chi connectivity index (χ0n) is 11.0. The average Bonchev–Trinajstić information content (AvgIpc) is 2.76. The summed E-state index contributed by atoms with van der Waals surface area (Å²) in [6, 6.07) is 10.6. The smallest absolute Gasteiger partial charge is 0.279 e. The van der Waals surface area contributed by atoms with Gasteiger partial charge in [-0.3, -0.25) is 4.79 Å². The highest BCUT2D eigenvalue weighted by Crippen LogP contribution is 2.21. The molecule has 1 heterocycles. The predicted octanol–water partition coefficient (Wildman–Crippen LogP) is 3.26. The number of hydrogen-bond acceptors (Lipinski definition) is 2. The molecule has 0 bridgehead atoms. The van der Waals surface area contributed by atoms with Crippen LogP contribution < -0.4 is 4.80 Å². The van der Waals surface area contributed by atoms with E-state index in [2.05, 4.69) is 4.99 Å². The molecule has 6 heteroatoms. The molecule has 1 aromatic heterocycles. The van der Waals surface area contributed by atoms with Crippen LogP contribution in [0, 0.1) is 11.6 Å². The summed E-state index contributed by atoms with van der Waals surface area (Å²) in [7, 11) is 1.59. The van der Waals surface area contributed by atoms with Gasteiger partial charge in [-0.2, -0.15) is 4.99 Å². The van der Waals surface area contributed by atoms with E-state index in [0.717, 1.165) is 17.4 Å². The van der Waals surface area contributed by atoms with Crippen LogP contribution in [0.2, 0.25) is 0 Å². The Morgan fingerprint density at radius 2 is 1.90 bits per heavy atom. The molecule has 0 unspecified atom stereocenters. The molecule has 106 valence electrons. The molecule has 0 saturated carbocycles. The maximum atomic E-state index is 13.8. The van der Waals surface area contributed by atoms with E-state index in [1.165, 1.54) is 10.6 Å². The molecule has 0 aliphatic heterocycles. The fraction of sp³-hybridized carbons (Fsp3) is 0.0667. The normalized spacial score (nSPS) is 12.0. The third-order valence-electron chi connectivity index (χ3n) is 3.03. The summed E-state index contributed by atoms with van der Waals surface area (Å²) in [5.41, 5.74) is 0.683. The Bertz CT molecular complexity index is 897. The van der Waals surface area contributed by atoms with Gasteiger partial charge in [0.25, 0.3) is 5.91 Å². The summed E-state index contributed by atoms with van der Waals surface area (Å²) < 4.78 is 28.9. The molecule has 21 heavy (non-hydrogen) atoms. The maximum absolute atomic E-state index is 13.8. The Kier molecular flexibility index (Phi) is 3.39. The summed E-state index contributed by atoms with van der Waals surface area (Å²) in [5.74, 6) is -1.74. The Labute approximate surface area is 122 Å². The van der Waals surface area contributed by atoms with Crippen LogP contribution in [0.15, 0.2) is 47.5 Å². The van der Waals surface area contributed by atoms with Gasteiger partial charge in [0.15, 0.2) is 10.6 Å². The van der Waals surface area contributed by atoms with Gasteiger partial charge < -0.3 is 4.57 Å². The van der Waals surface area contributed by atoms with E-state index in [4.69, 9.17) is 0 Å². The fourth-order valence-corrected chi connectivity index (χ4v) is 3.09. The number of carbonyl (C=O) groups is 1. The van der Waals surface area contributed by atoms with Gasteiger partial charge in [-0.15, -0.1) is 0 Å². The topological polar surface area (TPSA) is 34.4 Å². The second-order valence-electron chi connectivity index (χ2n) is 4.46. The fourth-order valence-electron chi connectivity index (χ4n) is 2.04. The van der Waals surface area contributed by atoms with E-state index in [-0.39, 0.29) is 5.52 Å². The number of halogens is 2. The van der Waals surface area contributed by atoms with Crippen molar-refractivity contribution in [1.29, 1.82) is 0 Å². The van der Waals surface area contributed by atoms with Crippen molar-refractivity contribution in [3.8, 4) is 0 Å². The van der Waals surface area contributed by atoms with Crippen LogP contribution in [0.5, 0.6) is 0 Å². The minimum absolute atomic E-state index is 0.237. The number of aryl methyl sites for hydroxylation is 1. The van der Waals surface area contributed by atoms with E-state index in [9.17, 15) is 13.6 Å². The zero-order chi connectivity index (χ0) is 15.0. The number of rotatable bonds is 1. The van der Waals surface area contributed by atoms with Gasteiger partial charge in [0.1, 0.15) is 5.82 Å². The lowest BCUT2D eigenvalue weighted by Crippen LogP contribution is -2.13. The van der Waals surface area contributed by atoms with Crippen molar-refractivity contribution < 1.29 is 13.6 Å². The van der Waals surface area contributed by atoms with E-state index in [1.54, 1.807) is 37.4 Å². The molecule has 3 rings (SSSR count). The van der Waals surface area contributed by atoms with E-state index < -0.39 is 17.5 Å². The van der Waals surface area contributed by atoms with Gasteiger partial charge in [0.2, 0.25) is 0 Å². The van der Waals surface area contributed by atoms with Crippen molar-refractivity contribution in [3.05, 3.63) is 64.5 Å². The summed E-state index contributed by atoms with van der Waals surface area (Å²) >= 11 is 1.07. The number of amides is 1. The van der Waals surface area contributed by atoms with Crippen LogP contribution in [0.3, 0.4) is 0 Å². The Hall–Kier alpha value is -2.34. The average molecular weight is 304 g/mol. The first-order chi connectivity index (χ1) is 10.1. The van der Waals surface area contributed by atoms with Gasteiger partial charge in [0, 0.05) is 18.7 Å². The van der Waals surface area contributed by atoms with Crippen LogP contribution in [0.1, 0.15) is 10.4 Å². The molecule has 0 fully saturated rings. The van der Waals surface area contributed by atoms with Crippen molar-refractivity contribution >= 4 is 27.5 Å². The minimum atomic E-state index is -0.669. The highest BCUT2D eigenvalue weighted by Gasteiger charge is 2.11. The number of aromatic nitrogens is 1. The van der Waals surface area contributed by atoms with Crippen molar-refractivity contribution in [2.75, 3.05) is 0 Å². The van der Waals surface area contributed by atoms with Crippen molar-refractivity contribution in [3.63, 3.8) is 0 Å². The van der Waals surface area contributed by atoms with Gasteiger partial charge in [-0.25, -0.2) is 8.78 Å². The second kappa shape index (κ2) is 5.21. The molecule has 0 aliphatic carbocycles. The van der Waals surface area contributed by atoms with Crippen LogP contribution in [-0.4, -0.2) is 10.5 Å². The van der Waals surface area contributed by atoms with Gasteiger partial charge in [-0.1, -0.05) is 29.5 Å². The number of benzene rings is 2. The molecular formula is C15H10F2N2OS. The molecule has 1 amide bonds. The van der Waals surface area contributed by atoms with Gasteiger partial charge >= 0.3 is 0 Å². The quantitative estimate of drug-likeness (QED) is 0.679. The Morgan fingerprint density at radius 3 is 2.62 bits per heavy atom. The van der Waals surface area contributed by atoms with Crippen LogP contribution in [0.4, 0.5) is 8.78 Å². The molecule has 0 spiro atoms.